The molecule has 0 saturated carbocycles. The first-order valence-electron chi connectivity index (χ1n) is 6.62. The molecule has 0 fully saturated rings. The van der Waals surface area contributed by atoms with E-state index in [2.05, 4.69) is 0 Å². The third-order valence-electron chi connectivity index (χ3n) is 3.33. The van der Waals surface area contributed by atoms with Crippen LogP contribution < -0.4 is 0 Å². The molecule has 0 radical (unpaired) electrons. The molecule has 1 N–H and O–H groups in total. The number of aliphatic hydroxyl groups excluding tert-OH is 1. The Balaban J connectivity index is 2.24. The molecular weight excluding hydrogens is 244 g/mol. The molecule has 1 aliphatic heterocycles. The predicted octanol–water partition coefficient (Wildman–Crippen LogP) is 1.95. The molecule has 4 nitrogen and oxygen atoms in total. The number of benzene rings is 1. The average molecular weight is 262 g/mol. The zero-order valence-corrected chi connectivity index (χ0v) is 10.8. The maximum Gasteiger partial charge on any atom is 0.306 e. The van der Waals surface area contributed by atoms with Gasteiger partial charge >= 0.3 is 5.97 Å². The molecule has 1 atom stereocenters. The topological polar surface area (TPSA) is 63.6 Å². The summed E-state index contributed by atoms with van der Waals surface area (Å²) in [6, 6.07) is 7.21. The van der Waals surface area contributed by atoms with Crippen LogP contribution in [0.2, 0.25) is 0 Å². The number of carbonyl (C=O) groups excluding carboxylic acids is 2. The van der Waals surface area contributed by atoms with Crippen molar-refractivity contribution in [2.24, 2.45) is 0 Å². The number of ether oxygens (including phenoxy) is 1. The molecule has 0 saturated heterocycles. The highest BCUT2D eigenvalue weighted by Crippen LogP contribution is 2.22. The maximum absolute atomic E-state index is 11.9. The van der Waals surface area contributed by atoms with Crippen LogP contribution in [0.15, 0.2) is 24.3 Å². The number of esters is 1. The molecule has 19 heavy (non-hydrogen) atoms. The summed E-state index contributed by atoms with van der Waals surface area (Å²) in [5.74, 6) is -0.393. The summed E-state index contributed by atoms with van der Waals surface area (Å²) in [5, 5.41) is 10.1. The van der Waals surface area contributed by atoms with Crippen LogP contribution in [0.4, 0.5) is 0 Å². The molecule has 1 unspecified atom stereocenters. The van der Waals surface area contributed by atoms with Crippen molar-refractivity contribution < 1.29 is 19.4 Å². The number of ketones is 1. The number of fused-ring (bicyclic) bond motifs is 1. The highest BCUT2D eigenvalue weighted by molar-refractivity contribution is 5.84. The van der Waals surface area contributed by atoms with Crippen LogP contribution in [0.1, 0.15) is 42.9 Å². The van der Waals surface area contributed by atoms with Gasteiger partial charge in [-0.1, -0.05) is 24.3 Å². The zero-order chi connectivity index (χ0) is 13.7. The predicted molar refractivity (Wildman–Crippen MR) is 69.5 cm³/mol. The van der Waals surface area contributed by atoms with Crippen molar-refractivity contribution in [3.63, 3.8) is 0 Å². The minimum atomic E-state index is -1.08. The van der Waals surface area contributed by atoms with Gasteiger partial charge in [0.2, 0.25) is 0 Å². The van der Waals surface area contributed by atoms with Crippen molar-refractivity contribution in [1.82, 2.24) is 0 Å². The third kappa shape index (κ3) is 3.64. The maximum atomic E-state index is 11.9. The van der Waals surface area contributed by atoms with E-state index in [-0.39, 0.29) is 18.2 Å². The number of rotatable bonds is 0. The van der Waals surface area contributed by atoms with Crippen LogP contribution >= 0.6 is 0 Å². The molecule has 0 amide bonds. The normalized spacial score (nSPS) is 21.8. The number of cyclic esters (lactones) is 1. The SMILES string of the molecule is O=C1CCc2ccccc2C(O)C(=O)CCCCO1. The monoisotopic (exact) mass is 262 g/mol. The fourth-order valence-electron chi connectivity index (χ4n) is 2.23. The summed E-state index contributed by atoms with van der Waals surface area (Å²) in [6.45, 7) is 0.351. The molecule has 1 aliphatic rings. The van der Waals surface area contributed by atoms with Gasteiger partial charge < -0.3 is 9.84 Å². The summed E-state index contributed by atoms with van der Waals surface area (Å²) in [7, 11) is 0. The third-order valence-corrected chi connectivity index (χ3v) is 3.33. The van der Waals surface area contributed by atoms with Crippen molar-refractivity contribution in [1.29, 1.82) is 0 Å². The Morgan fingerprint density at radius 3 is 2.68 bits per heavy atom. The summed E-state index contributed by atoms with van der Waals surface area (Å²) >= 11 is 0. The molecule has 1 aromatic rings. The van der Waals surface area contributed by atoms with E-state index >= 15 is 0 Å². The smallest absolute Gasteiger partial charge is 0.306 e. The summed E-state index contributed by atoms with van der Waals surface area (Å²) in [6.07, 6.45) is 1.29. The first-order chi connectivity index (χ1) is 9.18. The van der Waals surface area contributed by atoms with Crippen molar-refractivity contribution >= 4 is 11.8 Å². The minimum Gasteiger partial charge on any atom is -0.466 e. The van der Waals surface area contributed by atoms with Gasteiger partial charge in [0.25, 0.3) is 0 Å². The van der Waals surface area contributed by atoms with Crippen molar-refractivity contribution in [3.05, 3.63) is 35.4 Å². The second-order valence-corrected chi connectivity index (χ2v) is 4.75. The fraction of sp³-hybridized carbons (Fsp3) is 0.467. The summed E-state index contributed by atoms with van der Waals surface area (Å²) in [4.78, 5) is 23.4. The van der Waals surface area contributed by atoms with Gasteiger partial charge in [-0.25, -0.2) is 0 Å². The largest absolute Gasteiger partial charge is 0.466 e. The van der Waals surface area contributed by atoms with E-state index in [1.165, 1.54) is 0 Å². The van der Waals surface area contributed by atoms with Gasteiger partial charge in [0.1, 0.15) is 6.10 Å². The average Bonchev–Trinajstić information content (AvgIpc) is 2.43. The van der Waals surface area contributed by atoms with E-state index in [4.69, 9.17) is 4.74 Å². The molecule has 2 rings (SSSR count). The van der Waals surface area contributed by atoms with E-state index in [1.807, 2.05) is 12.1 Å². The first-order valence-corrected chi connectivity index (χ1v) is 6.62. The van der Waals surface area contributed by atoms with Crippen molar-refractivity contribution in [3.8, 4) is 0 Å². The standard InChI is InChI=1S/C15H18O4/c16-13-7-3-4-10-19-14(17)9-8-11-5-1-2-6-12(11)15(13)18/h1-2,5-6,15,18H,3-4,7-10H2. The van der Waals surface area contributed by atoms with E-state index in [0.717, 1.165) is 5.56 Å². The van der Waals surface area contributed by atoms with Gasteiger partial charge in [0, 0.05) is 12.8 Å². The Hall–Kier alpha value is -1.68. The second-order valence-electron chi connectivity index (χ2n) is 4.75. The van der Waals surface area contributed by atoms with Gasteiger partial charge in [0.05, 0.1) is 6.61 Å². The molecule has 102 valence electrons. The number of Topliss-reactive ketones (excluding diaryl/α,β-unsaturated/α-hetero) is 1. The van der Waals surface area contributed by atoms with Gasteiger partial charge in [-0.15, -0.1) is 0 Å². The Bertz CT molecular complexity index is 467. The minimum absolute atomic E-state index is 0.167. The lowest BCUT2D eigenvalue weighted by molar-refractivity contribution is -0.143. The van der Waals surface area contributed by atoms with Crippen molar-refractivity contribution in [2.45, 2.75) is 38.2 Å². The number of carbonyl (C=O) groups is 2. The first kappa shape index (κ1) is 13.7. The van der Waals surface area contributed by atoms with Crippen LogP contribution in [0, 0.1) is 0 Å². The molecule has 0 aliphatic carbocycles. The van der Waals surface area contributed by atoms with Crippen LogP contribution in [0.3, 0.4) is 0 Å². The molecule has 0 aromatic heterocycles. The lowest BCUT2D eigenvalue weighted by Crippen LogP contribution is -2.16. The van der Waals surface area contributed by atoms with Gasteiger partial charge in [-0.05, 0) is 30.4 Å². The molecule has 0 bridgehead atoms. The second kappa shape index (κ2) is 6.48. The Kier molecular flexibility index (Phi) is 4.68. The number of hydrogen-bond donors (Lipinski definition) is 1. The summed E-state index contributed by atoms with van der Waals surface area (Å²) < 4.78 is 5.08. The van der Waals surface area contributed by atoms with Crippen LogP contribution in [-0.4, -0.2) is 23.5 Å². The summed E-state index contributed by atoms with van der Waals surface area (Å²) in [5.41, 5.74) is 1.45. The Morgan fingerprint density at radius 1 is 1.05 bits per heavy atom. The number of aliphatic hydroxyl groups is 1. The molecule has 4 heteroatoms. The quantitative estimate of drug-likeness (QED) is 0.726. The number of hydrogen-bond acceptors (Lipinski definition) is 4. The molecule has 1 heterocycles. The van der Waals surface area contributed by atoms with Crippen LogP contribution in [-0.2, 0) is 20.7 Å². The molecular formula is C15H18O4. The van der Waals surface area contributed by atoms with E-state index in [0.29, 0.717) is 37.9 Å². The molecule has 1 aromatic carbocycles. The van der Waals surface area contributed by atoms with Crippen LogP contribution in [0.25, 0.3) is 0 Å². The zero-order valence-electron chi connectivity index (χ0n) is 10.8. The highest BCUT2D eigenvalue weighted by Gasteiger charge is 2.20. The van der Waals surface area contributed by atoms with Gasteiger partial charge in [-0.2, -0.15) is 0 Å². The van der Waals surface area contributed by atoms with E-state index < -0.39 is 6.10 Å². The number of aryl methyl sites for hydroxylation is 1. The fourth-order valence-corrected chi connectivity index (χ4v) is 2.23. The van der Waals surface area contributed by atoms with Crippen LogP contribution in [0.5, 0.6) is 0 Å². The lowest BCUT2D eigenvalue weighted by atomic mass is 9.94. The van der Waals surface area contributed by atoms with Crippen molar-refractivity contribution in [2.75, 3.05) is 6.61 Å². The van der Waals surface area contributed by atoms with Gasteiger partial charge in [-0.3, -0.25) is 9.59 Å². The molecule has 0 spiro atoms. The van der Waals surface area contributed by atoms with Gasteiger partial charge in [0.15, 0.2) is 5.78 Å². The Morgan fingerprint density at radius 2 is 1.84 bits per heavy atom. The van der Waals surface area contributed by atoms with E-state index in [9.17, 15) is 14.7 Å². The highest BCUT2D eigenvalue weighted by atomic mass is 16.5. The van der Waals surface area contributed by atoms with E-state index in [1.54, 1.807) is 12.1 Å². The lowest BCUT2D eigenvalue weighted by Gasteiger charge is -2.16. The Labute approximate surface area is 112 Å².